The second-order valence-electron chi connectivity index (χ2n) is 7.34. The van der Waals surface area contributed by atoms with Crippen molar-refractivity contribution in [3.63, 3.8) is 0 Å². The van der Waals surface area contributed by atoms with E-state index in [0.717, 1.165) is 31.7 Å². The van der Waals surface area contributed by atoms with Gasteiger partial charge in [-0.15, -0.1) is 0 Å². The molecule has 6 nitrogen and oxygen atoms in total. The van der Waals surface area contributed by atoms with Crippen LogP contribution in [0.4, 0.5) is 4.39 Å². The Bertz CT molecular complexity index is 972. The van der Waals surface area contributed by atoms with E-state index in [-0.39, 0.29) is 22.7 Å². The molecule has 0 bridgehead atoms. The molecule has 2 fully saturated rings. The van der Waals surface area contributed by atoms with E-state index in [1.807, 2.05) is 0 Å². The molecule has 1 heterocycles. The van der Waals surface area contributed by atoms with Gasteiger partial charge in [0.15, 0.2) is 5.75 Å². The lowest BCUT2D eigenvalue weighted by Gasteiger charge is -2.28. The summed E-state index contributed by atoms with van der Waals surface area (Å²) in [5, 5.41) is 9.38. The summed E-state index contributed by atoms with van der Waals surface area (Å²) in [4.78, 5) is 24.1. The Hall–Kier alpha value is -2.41. The Morgan fingerprint density at radius 1 is 1.38 bits per heavy atom. The minimum absolute atomic E-state index is 0.0245. The number of hydrogen-bond acceptors (Lipinski definition) is 4. The van der Waals surface area contributed by atoms with E-state index in [2.05, 4.69) is 0 Å². The third-order valence-electron chi connectivity index (χ3n) is 5.59. The van der Waals surface area contributed by atoms with Crippen LogP contribution in [0.15, 0.2) is 17.1 Å². The second kappa shape index (κ2) is 5.81. The highest BCUT2D eigenvalue weighted by molar-refractivity contribution is 5.95. The Labute approximate surface area is 149 Å². The molecule has 0 spiro atoms. The van der Waals surface area contributed by atoms with E-state index < -0.39 is 22.8 Å². The lowest BCUT2D eigenvalue weighted by Crippen LogP contribution is -2.35. The highest BCUT2D eigenvalue weighted by atomic mass is 19.1. The van der Waals surface area contributed by atoms with E-state index in [1.54, 1.807) is 4.57 Å². The van der Waals surface area contributed by atoms with Crippen molar-refractivity contribution in [3.05, 3.63) is 39.4 Å². The number of nitrogens with zero attached hydrogens (tertiary/aromatic N) is 1. The summed E-state index contributed by atoms with van der Waals surface area (Å²) in [6.45, 7) is 0. The minimum Gasteiger partial charge on any atom is -0.494 e. The smallest absolute Gasteiger partial charge is 0.341 e. The van der Waals surface area contributed by atoms with Gasteiger partial charge in [-0.3, -0.25) is 4.79 Å². The van der Waals surface area contributed by atoms with Crippen molar-refractivity contribution in [3.8, 4) is 5.75 Å². The monoisotopic (exact) mass is 360 g/mol. The van der Waals surface area contributed by atoms with Gasteiger partial charge in [-0.2, -0.15) is 0 Å². The average molecular weight is 360 g/mol. The van der Waals surface area contributed by atoms with Gasteiger partial charge in [-0.1, -0.05) is 12.8 Å². The number of pyridine rings is 1. The molecule has 2 aliphatic carbocycles. The Kier molecular flexibility index (Phi) is 3.80. The normalized spacial score (nSPS) is 19.0. The number of aromatic nitrogens is 1. The minimum atomic E-state index is -1.32. The SMILES string of the molecule is COc1c(C2(N)CCCC2)c(F)cc2c(=O)c(C(=O)O)cn(C3CC3)c12. The first-order valence-electron chi connectivity index (χ1n) is 8.85. The Balaban J connectivity index is 2.13. The molecule has 2 saturated carbocycles. The molecule has 0 amide bonds. The number of benzene rings is 1. The highest BCUT2D eigenvalue weighted by Gasteiger charge is 2.39. The van der Waals surface area contributed by atoms with Gasteiger partial charge in [0, 0.05) is 17.8 Å². The predicted molar refractivity (Wildman–Crippen MR) is 94.3 cm³/mol. The van der Waals surface area contributed by atoms with Crippen LogP contribution in [0.2, 0.25) is 0 Å². The van der Waals surface area contributed by atoms with Crippen LogP contribution >= 0.6 is 0 Å². The first kappa shape index (κ1) is 17.0. The largest absolute Gasteiger partial charge is 0.494 e. The molecule has 0 atom stereocenters. The van der Waals surface area contributed by atoms with Gasteiger partial charge in [-0.25, -0.2) is 9.18 Å². The molecule has 7 heteroatoms. The fourth-order valence-corrected chi connectivity index (χ4v) is 4.16. The van der Waals surface area contributed by atoms with Crippen molar-refractivity contribution in [2.45, 2.75) is 50.1 Å². The third-order valence-corrected chi connectivity index (χ3v) is 5.59. The van der Waals surface area contributed by atoms with Crippen molar-refractivity contribution in [1.82, 2.24) is 4.57 Å². The van der Waals surface area contributed by atoms with Gasteiger partial charge in [-0.05, 0) is 31.7 Å². The summed E-state index contributed by atoms with van der Waals surface area (Å²) in [5.41, 5.74) is 5.34. The van der Waals surface area contributed by atoms with Crippen molar-refractivity contribution >= 4 is 16.9 Å². The molecule has 4 rings (SSSR count). The molecule has 0 radical (unpaired) electrons. The lowest BCUT2D eigenvalue weighted by atomic mass is 9.87. The highest BCUT2D eigenvalue weighted by Crippen LogP contribution is 2.46. The fourth-order valence-electron chi connectivity index (χ4n) is 4.16. The van der Waals surface area contributed by atoms with E-state index >= 15 is 4.39 Å². The topological polar surface area (TPSA) is 94.6 Å². The summed E-state index contributed by atoms with van der Waals surface area (Å²) in [7, 11) is 1.43. The van der Waals surface area contributed by atoms with Crippen LogP contribution in [0.25, 0.3) is 10.9 Å². The number of ether oxygens (including phenoxy) is 1. The molecule has 0 aliphatic heterocycles. The molecular formula is C19H21FN2O4. The summed E-state index contributed by atoms with van der Waals surface area (Å²) in [6, 6.07) is 1.22. The van der Waals surface area contributed by atoms with Crippen LogP contribution in [0, 0.1) is 5.82 Å². The summed E-state index contributed by atoms with van der Waals surface area (Å²) in [5.74, 6) is -1.67. The number of nitrogens with two attached hydrogens (primary N) is 1. The van der Waals surface area contributed by atoms with Crippen LogP contribution < -0.4 is 15.9 Å². The van der Waals surface area contributed by atoms with Crippen molar-refractivity contribution in [2.24, 2.45) is 5.73 Å². The maximum atomic E-state index is 15.1. The van der Waals surface area contributed by atoms with E-state index in [9.17, 15) is 14.7 Å². The molecule has 138 valence electrons. The average Bonchev–Trinajstić information content (AvgIpc) is 3.35. The van der Waals surface area contributed by atoms with Gasteiger partial charge < -0.3 is 20.1 Å². The quantitative estimate of drug-likeness (QED) is 0.874. The number of carbonyl (C=O) groups is 1. The van der Waals surface area contributed by atoms with Crippen LogP contribution in [-0.4, -0.2) is 22.8 Å². The zero-order valence-corrected chi connectivity index (χ0v) is 14.5. The molecule has 26 heavy (non-hydrogen) atoms. The maximum absolute atomic E-state index is 15.1. The van der Waals surface area contributed by atoms with Crippen LogP contribution in [-0.2, 0) is 5.54 Å². The van der Waals surface area contributed by atoms with Gasteiger partial charge in [0.2, 0.25) is 5.43 Å². The summed E-state index contributed by atoms with van der Waals surface area (Å²) >= 11 is 0. The van der Waals surface area contributed by atoms with E-state index in [1.165, 1.54) is 13.3 Å². The predicted octanol–water partition coefficient (Wildman–Crippen LogP) is 2.91. The van der Waals surface area contributed by atoms with Crippen molar-refractivity contribution in [1.29, 1.82) is 0 Å². The maximum Gasteiger partial charge on any atom is 0.341 e. The molecule has 3 N–H and O–H groups in total. The Morgan fingerprint density at radius 2 is 2.04 bits per heavy atom. The number of carboxylic acid groups (broad SMARTS) is 1. The first-order chi connectivity index (χ1) is 12.4. The summed E-state index contributed by atoms with van der Waals surface area (Å²) in [6.07, 6.45) is 6.21. The first-order valence-corrected chi connectivity index (χ1v) is 8.85. The fraction of sp³-hybridized carbons (Fsp3) is 0.474. The molecule has 0 unspecified atom stereocenters. The third kappa shape index (κ3) is 2.41. The van der Waals surface area contributed by atoms with Gasteiger partial charge in [0.05, 0.1) is 23.6 Å². The number of hydrogen-bond donors (Lipinski definition) is 2. The molecule has 2 aromatic rings. The van der Waals surface area contributed by atoms with Gasteiger partial charge >= 0.3 is 5.97 Å². The van der Waals surface area contributed by atoms with E-state index in [4.69, 9.17) is 10.5 Å². The van der Waals surface area contributed by atoms with Gasteiger partial charge in [0.25, 0.3) is 0 Å². The Morgan fingerprint density at radius 3 is 2.58 bits per heavy atom. The lowest BCUT2D eigenvalue weighted by molar-refractivity contribution is 0.0695. The molecular weight excluding hydrogens is 339 g/mol. The van der Waals surface area contributed by atoms with E-state index in [0.29, 0.717) is 23.9 Å². The number of fused-ring (bicyclic) bond motifs is 1. The molecule has 1 aromatic carbocycles. The van der Waals surface area contributed by atoms with Crippen LogP contribution in [0.1, 0.15) is 60.5 Å². The van der Waals surface area contributed by atoms with Crippen molar-refractivity contribution < 1.29 is 19.0 Å². The number of rotatable bonds is 4. The number of halogens is 1. The summed E-state index contributed by atoms with van der Waals surface area (Å²) < 4.78 is 22.4. The second-order valence-corrected chi connectivity index (χ2v) is 7.34. The number of aromatic carboxylic acids is 1. The zero-order chi connectivity index (χ0) is 18.6. The molecule has 0 saturated heterocycles. The molecule has 2 aliphatic rings. The van der Waals surface area contributed by atoms with Crippen LogP contribution in [0.5, 0.6) is 5.75 Å². The number of carboxylic acids is 1. The zero-order valence-electron chi connectivity index (χ0n) is 14.5. The van der Waals surface area contributed by atoms with Crippen molar-refractivity contribution in [2.75, 3.05) is 7.11 Å². The van der Waals surface area contributed by atoms with Crippen LogP contribution in [0.3, 0.4) is 0 Å². The molecule has 1 aromatic heterocycles. The standard InChI is InChI=1S/C19H21FN2O4/c1-26-17-14(19(21)6-2-3-7-19)13(20)8-11-15(17)22(10-4-5-10)9-12(16(11)23)18(24)25/h8-10H,2-7,21H2,1H3,(H,24,25). The number of methoxy groups -OCH3 is 1. The van der Waals surface area contributed by atoms with Gasteiger partial charge in [0.1, 0.15) is 11.4 Å².